The van der Waals surface area contributed by atoms with Crippen molar-refractivity contribution in [1.82, 2.24) is 0 Å². The van der Waals surface area contributed by atoms with E-state index in [4.69, 9.17) is 32.7 Å². The third kappa shape index (κ3) is 4.94. The van der Waals surface area contributed by atoms with Gasteiger partial charge in [-0.15, -0.1) is 0 Å². The Morgan fingerprint density at radius 3 is 2.30 bits per heavy atom. The zero-order valence-electron chi connectivity index (χ0n) is 12.7. The van der Waals surface area contributed by atoms with Crippen LogP contribution >= 0.6 is 23.2 Å². The maximum Gasteiger partial charge on any atom is 0.243 e. The number of ether oxygens (including phenoxy) is 2. The summed E-state index contributed by atoms with van der Waals surface area (Å²) in [6.45, 7) is 0.0413. The number of hydrogen-bond acceptors (Lipinski definition) is 4. The average Bonchev–Trinajstić information content (AvgIpc) is 2.55. The van der Waals surface area contributed by atoms with Crippen molar-refractivity contribution >= 4 is 40.5 Å². The summed E-state index contributed by atoms with van der Waals surface area (Å²) in [4.78, 5) is 12.0. The van der Waals surface area contributed by atoms with Crippen LogP contribution in [-0.2, 0) is 4.79 Å². The fraction of sp³-hybridized carbons (Fsp3) is 0.188. The second-order valence-corrected chi connectivity index (χ2v) is 5.47. The molecule has 0 heterocycles. The van der Waals surface area contributed by atoms with Gasteiger partial charge in [-0.1, -0.05) is 23.2 Å². The molecular weight excluding hydrogens is 339 g/mol. The molecule has 5 nitrogen and oxygen atoms in total. The third-order valence-corrected chi connectivity index (χ3v) is 3.57. The smallest absolute Gasteiger partial charge is 0.243 e. The summed E-state index contributed by atoms with van der Waals surface area (Å²) >= 11 is 11.9. The molecule has 122 valence electrons. The van der Waals surface area contributed by atoms with Crippen LogP contribution in [0.25, 0.3) is 0 Å². The highest BCUT2D eigenvalue weighted by atomic mass is 35.5. The van der Waals surface area contributed by atoms with Gasteiger partial charge >= 0.3 is 0 Å². The number of carbonyl (C=O) groups is 1. The van der Waals surface area contributed by atoms with Gasteiger partial charge in [0.05, 0.1) is 31.5 Å². The van der Waals surface area contributed by atoms with Crippen molar-refractivity contribution in [3.05, 3.63) is 46.4 Å². The van der Waals surface area contributed by atoms with Crippen molar-refractivity contribution in [3.8, 4) is 11.5 Å². The quantitative estimate of drug-likeness (QED) is 0.820. The molecule has 0 spiro atoms. The zero-order chi connectivity index (χ0) is 16.8. The minimum absolute atomic E-state index is 0.0413. The summed E-state index contributed by atoms with van der Waals surface area (Å²) < 4.78 is 10.3. The number of rotatable bonds is 6. The number of hydrogen-bond donors (Lipinski definition) is 2. The molecule has 0 aliphatic heterocycles. The fourth-order valence-corrected chi connectivity index (χ4v) is 2.25. The van der Waals surface area contributed by atoms with Crippen LogP contribution in [0.2, 0.25) is 10.0 Å². The highest BCUT2D eigenvalue weighted by Gasteiger charge is 2.08. The topological polar surface area (TPSA) is 59.6 Å². The van der Waals surface area contributed by atoms with E-state index in [0.29, 0.717) is 32.9 Å². The van der Waals surface area contributed by atoms with Crippen molar-refractivity contribution in [3.63, 3.8) is 0 Å². The van der Waals surface area contributed by atoms with Crippen LogP contribution in [0, 0.1) is 0 Å². The van der Waals surface area contributed by atoms with Crippen molar-refractivity contribution in [2.75, 3.05) is 31.4 Å². The molecule has 0 bridgehead atoms. The number of amides is 1. The molecule has 0 saturated heterocycles. The first-order valence-electron chi connectivity index (χ1n) is 6.73. The fourth-order valence-electron chi connectivity index (χ4n) is 1.89. The van der Waals surface area contributed by atoms with Crippen LogP contribution in [0.1, 0.15) is 0 Å². The van der Waals surface area contributed by atoms with E-state index in [0.717, 1.165) is 0 Å². The van der Waals surface area contributed by atoms with Crippen LogP contribution in [0.3, 0.4) is 0 Å². The van der Waals surface area contributed by atoms with Gasteiger partial charge in [0, 0.05) is 28.9 Å². The van der Waals surface area contributed by atoms with Gasteiger partial charge in [0.2, 0.25) is 5.91 Å². The average molecular weight is 355 g/mol. The van der Waals surface area contributed by atoms with E-state index in [9.17, 15) is 4.79 Å². The van der Waals surface area contributed by atoms with E-state index in [1.807, 2.05) is 0 Å². The molecule has 23 heavy (non-hydrogen) atoms. The molecule has 1 amide bonds. The Hall–Kier alpha value is -2.11. The Morgan fingerprint density at radius 1 is 1.04 bits per heavy atom. The van der Waals surface area contributed by atoms with E-state index in [2.05, 4.69) is 10.6 Å². The van der Waals surface area contributed by atoms with Gasteiger partial charge in [0.1, 0.15) is 11.5 Å². The third-order valence-electron chi connectivity index (χ3n) is 3.00. The largest absolute Gasteiger partial charge is 0.497 e. The van der Waals surface area contributed by atoms with Crippen LogP contribution in [0.4, 0.5) is 11.4 Å². The number of benzene rings is 2. The Balaban J connectivity index is 2.01. The Bertz CT molecular complexity index is 685. The van der Waals surface area contributed by atoms with Crippen molar-refractivity contribution in [2.45, 2.75) is 0 Å². The number of halogens is 2. The lowest BCUT2D eigenvalue weighted by Gasteiger charge is -2.11. The molecule has 0 aromatic heterocycles. The minimum atomic E-state index is -0.239. The number of carbonyl (C=O) groups excluding carboxylic acids is 1. The van der Waals surface area contributed by atoms with Crippen molar-refractivity contribution in [2.24, 2.45) is 0 Å². The standard InChI is InChI=1S/C16H16Cl2N2O3/c1-22-12-6-11(7-13(8-12)23-2)20-16(21)9-19-15-5-10(17)3-4-14(15)18/h3-8,19H,9H2,1-2H3,(H,20,21). The summed E-state index contributed by atoms with van der Waals surface area (Å²) in [7, 11) is 3.09. The lowest BCUT2D eigenvalue weighted by Crippen LogP contribution is -2.21. The van der Waals surface area contributed by atoms with Gasteiger partial charge in [-0.2, -0.15) is 0 Å². The van der Waals surface area contributed by atoms with E-state index >= 15 is 0 Å². The van der Waals surface area contributed by atoms with Crippen molar-refractivity contribution < 1.29 is 14.3 Å². The molecule has 0 saturated carbocycles. The molecule has 2 aromatic rings. The predicted octanol–water partition coefficient (Wildman–Crippen LogP) is 4.06. The van der Waals surface area contributed by atoms with Crippen LogP contribution in [0.5, 0.6) is 11.5 Å². The lowest BCUT2D eigenvalue weighted by molar-refractivity contribution is -0.114. The van der Waals surface area contributed by atoms with E-state index in [-0.39, 0.29) is 12.5 Å². The van der Waals surface area contributed by atoms with Gasteiger partial charge < -0.3 is 20.1 Å². The molecule has 0 fully saturated rings. The Labute approximate surface area is 144 Å². The second-order valence-electron chi connectivity index (χ2n) is 4.63. The molecule has 0 aliphatic carbocycles. The summed E-state index contributed by atoms with van der Waals surface area (Å²) in [5, 5.41) is 6.73. The molecule has 2 N–H and O–H groups in total. The highest BCUT2D eigenvalue weighted by Crippen LogP contribution is 2.26. The van der Waals surface area contributed by atoms with Gasteiger partial charge in [-0.3, -0.25) is 4.79 Å². The summed E-state index contributed by atoms with van der Waals surface area (Å²) in [6.07, 6.45) is 0. The Kier molecular flexibility index (Phi) is 5.96. The first-order chi connectivity index (χ1) is 11.0. The van der Waals surface area contributed by atoms with Gasteiger partial charge in [-0.25, -0.2) is 0 Å². The van der Waals surface area contributed by atoms with E-state index in [1.165, 1.54) is 0 Å². The van der Waals surface area contributed by atoms with Crippen LogP contribution < -0.4 is 20.1 Å². The molecule has 0 aliphatic rings. The molecule has 2 aromatic carbocycles. The van der Waals surface area contributed by atoms with Gasteiger partial charge in [0.15, 0.2) is 0 Å². The first kappa shape index (κ1) is 17.2. The van der Waals surface area contributed by atoms with Gasteiger partial charge in [0.25, 0.3) is 0 Å². The maximum atomic E-state index is 12.0. The number of nitrogens with one attached hydrogen (secondary N) is 2. The summed E-state index contributed by atoms with van der Waals surface area (Å²) in [6, 6.07) is 10.1. The monoisotopic (exact) mass is 354 g/mol. The second kappa shape index (κ2) is 7.94. The summed E-state index contributed by atoms with van der Waals surface area (Å²) in [5.41, 5.74) is 1.17. The lowest BCUT2D eigenvalue weighted by atomic mass is 10.2. The van der Waals surface area contributed by atoms with Crippen LogP contribution in [0.15, 0.2) is 36.4 Å². The van der Waals surface area contributed by atoms with E-state index < -0.39 is 0 Å². The number of methoxy groups -OCH3 is 2. The van der Waals surface area contributed by atoms with Crippen LogP contribution in [-0.4, -0.2) is 26.7 Å². The Morgan fingerprint density at radius 2 is 1.70 bits per heavy atom. The summed E-state index contributed by atoms with van der Waals surface area (Å²) in [5.74, 6) is 0.937. The van der Waals surface area contributed by atoms with Gasteiger partial charge in [-0.05, 0) is 18.2 Å². The SMILES string of the molecule is COc1cc(NC(=O)CNc2cc(Cl)ccc2Cl)cc(OC)c1. The highest BCUT2D eigenvalue weighted by molar-refractivity contribution is 6.35. The molecule has 0 unspecified atom stereocenters. The molecule has 0 radical (unpaired) electrons. The minimum Gasteiger partial charge on any atom is -0.497 e. The molecular formula is C16H16Cl2N2O3. The predicted molar refractivity (Wildman–Crippen MR) is 93.1 cm³/mol. The normalized spacial score (nSPS) is 10.1. The molecule has 2 rings (SSSR count). The van der Waals surface area contributed by atoms with E-state index in [1.54, 1.807) is 50.6 Å². The number of anilines is 2. The van der Waals surface area contributed by atoms with Crippen molar-refractivity contribution in [1.29, 1.82) is 0 Å². The molecule has 0 atom stereocenters. The first-order valence-corrected chi connectivity index (χ1v) is 7.49. The zero-order valence-corrected chi connectivity index (χ0v) is 14.2. The molecule has 7 heteroatoms. The maximum absolute atomic E-state index is 12.0.